The molecule has 0 saturated heterocycles. The minimum Gasteiger partial charge on any atom is -0.494 e. The first kappa shape index (κ1) is 10.7. The standard InChI is InChI=1S/C11H14FNO/c1-3-14-8(2)11-6-10(12)5-4-9(11)7-13/h4-6H,2-3,7,13H2,1H3. The lowest BCUT2D eigenvalue weighted by atomic mass is 10.1. The monoisotopic (exact) mass is 195 g/mol. The molecule has 0 bridgehead atoms. The molecule has 0 aliphatic heterocycles. The summed E-state index contributed by atoms with van der Waals surface area (Å²) in [6, 6.07) is 4.42. The van der Waals surface area contributed by atoms with E-state index >= 15 is 0 Å². The summed E-state index contributed by atoms with van der Waals surface area (Å²) in [5, 5.41) is 0. The summed E-state index contributed by atoms with van der Waals surface area (Å²) < 4.78 is 18.2. The van der Waals surface area contributed by atoms with Gasteiger partial charge in [0.15, 0.2) is 0 Å². The third-order valence-electron chi connectivity index (χ3n) is 1.91. The zero-order valence-electron chi connectivity index (χ0n) is 8.22. The van der Waals surface area contributed by atoms with Crippen LogP contribution in [0.25, 0.3) is 5.76 Å². The molecule has 2 nitrogen and oxygen atoms in total. The van der Waals surface area contributed by atoms with Gasteiger partial charge in [-0.3, -0.25) is 0 Å². The van der Waals surface area contributed by atoms with E-state index < -0.39 is 0 Å². The second-order valence-corrected chi connectivity index (χ2v) is 2.86. The average molecular weight is 195 g/mol. The molecule has 0 fully saturated rings. The van der Waals surface area contributed by atoms with Crippen LogP contribution >= 0.6 is 0 Å². The van der Waals surface area contributed by atoms with Crippen molar-refractivity contribution in [3.63, 3.8) is 0 Å². The molecular formula is C11H14FNO. The smallest absolute Gasteiger partial charge is 0.123 e. The highest BCUT2D eigenvalue weighted by Crippen LogP contribution is 2.19. The zero-order chi connectivity index (χ0) is 10.6. The molecule has 0 aromatic heterocycles. The van der Waals surface area contributed by atoms with Crippen molar-refractivity contribution in [3.8, 4) is 0 Å². The molecule has 2 N–H and O–H groups in total. The van der Waals surface area contributed by atoms with E-state index in [1.807, 2.05) is 6.92 Å². The van der Waals surface area contributed by atoms with Gasteiger partial charge in [0.05, 0.1) is 6.61 Å². The quantitative estimate of drug-likeness (QED) is 0.748. The molecule has 0 saturated carbocycles. The molecule has 0 spiro atoms. The van der Waals surface area contributed by atoms with Gasteiger partial charge in [-0.1, -0.05) is 12.6 Å². The Hall–Kier alpha value is -1.35. The largest absolute Gasteiger partial charge is 0.494 e. The zero-order valence-corrected chi connectivity index (χ0v) is 8.22. The Balaban J connectivity index is 3.03. The van der Waals surface area contributed by atoms with E-state index in [0.717, 1.165) is 5.56 Å². The van der Waals surface area contributed by atoms with Crippen LogP contribution in [0.4, 0.5) is 4.39 Å². The molecule has 1 aromatic carbocycles. The Morgan fingerprint density at radius 1 is 1.57 bits per heavy atom. The highest BCUT2D eigenvalue weighted by molar-refractivity contribution is 5.61. The van der Waals surface area contributed by atoms with Crippen molar-refractivity contribution in [2.24, 2.45) is 5.73 Å². The van der Waals surface area contributed by atoms with Gasteiger partial charge in [-0.25, -0.2) is 4.39 Å². The maximum atomic E-state index is 12.9. The number of benzene rings is 1. The van der Waals surface area contributed by atoms with Gasteiger partial charge in [0, 0.05) is 12.1 Å². The summed E-state index contributed by atoms with van der Waals surface area (Å²) in [6.45, 7) is 6.44. The Bertz CT molecular complexity index is 336. The van der Waals surface area contributed by atoms with E-state index in [2.05, 4.69) is 6.58 Å². The Kier molecular flexibility index (Phi) is 3.65. The number of rotatable bonds is 4. The van der Waals surface area contributed by atoms with Gasteiger partial charge >= 0.3 is 0 Å². The van der Waals surface area contributed by atoms with Gasteiger partial charge < -0.3 is 10.5 Å². The van der Waals surface area contributed by atoms with E-state index in [4.69, 9.17) is 10.5 Å². The number of halogens is 1. The molecule has 3 heteroatoms. The summed E-state index contributed by atoms with van der Waals surface area (Å²) in [7, 11) is 0. The molecule has 0 unspecified atom stereocenters. The molecule has 0 aliphatic carbocycles. The van der Waals surface area contributed by atoms with Crippen molar-refractivity contribution in [1.29, 1.82) is 0 Å². The first-order valence-electron chi connectivity index (χ1n) is 4.49. The van der Waals surface area contributed by atoms with Crippen LogP contribution in [0, 0.1) is 5.82 Å². The minimum absolute atomic E-state index is 0.307. The molecule has 1 aromatic rings. The van der Waals surface area contributed by atoms with Crippen LogP contribution in [-0.2, 0) is 11.3 Å². The topological polar surface area (TPSA) is 35.2 Å². The second kappa shape index (κ2) is 4.77. The Morgan fingerprint density at radius 3 is 2.86 bits per heavy atom. The fourth-order valence-electron chi connectivity index (χ4n) is 1.24. The van der Waals surface area contributed by atoms with Crippen molar-refractivity contribution in [2.75, 3.05) is 6.61 Å². The number of hydrogen-bond acceptors (Lipinski definition) is 2. The van der Waals surface area contributed by atoms with Gasteiger partial charge in [-0.05, 0) is 24.6 Å². The predicted octanol–water partition coefficient (Wildman–Crippen LogP) is 2.29. The van der Waals surface area contributed by atoms with Crippen LogP contribution in [0.5, 0.6) is 0 Å². The van der Waals surface area contributed by atoms with Crippen molar-refractivity contribution in [3.05, 3.63) is 41.7 Å². The van der Waals surface area contributed by atoms with E-state index in [0.29, 0.717) is 24.5 Å². The SMILES string of the molecule is C=C(OCC)c1cc(F)ccc1CN. The van der Waals surface area contributed by atoms with Crippen LogP contribution in [0.2, 0.25) is 0 Å². The predicted molar refractivity (Wildman–Crippen MR) is 55.0 cm³/mol. The number of hydrogen-bond donors (Lipinski definition) is 1. The maximum absolute atomic E-state index is 12.9. The van der Waals surface area contributed by atoms with E-state index in [1.54, 1.807) is 6.07 Å². The molecule has 0 radical (unpaired) electrons. The highest BCUT2D eigenvalue weighted by Gasteiger charge is 2.06. The average Bonchev–Trinajstić information content (AvgIpc) is 2.18. The summed E-state index contributed by atoms with van der Waals surface area (Å²) in [6.07, 6.45) is 0. The maximum Gasteiger partial charge on any atom is 0.123 e. The van der Waals surface area contributed by atoms with Crippen molar-refractivity contribution >= 4 is 5.76 Å². The Morgan fingerprint density at radius 2 is 2.29 bits per heavy atom. The summed E-state index contributed by atoms with van der Waals surface area (Å²) in [4.78, 5) is 0. The lowest BCUT2D eigenvalue weighted by Crippen LogP contribution is -2.03. The van der Waals surface area contributed by atoms with Crippen LogP contribution < -0.4 is 5.73 Å². The molecular weight excluding hydrogens is 181 g/mol. The van der Waals surface area contributed by atoms with Crippen LogP contribution in [-0.4, -0.2) is 6.61 Å². The molecule has 14 heavy (non-hydrogen) atoms. The van der Waals surface area contributed by atoms with Crippen LogP contribution in [0.15, 0.2) is 24.8 Å². The lowest BCUT2D eigenvalue weighted by Gasteiger charge is -2.11. The molecule has 1 rings (SSSR count). The first-order chi connectivity index (χ1) is 6.69. The van der Waals surface area contributed by atoms with Gasteiger partial charge in [-0.2, -0.15) is 0 Å². The van der Waals surface area contributed by atoms with E-state index in [-0.39, 0.29) is 5.82 Å². The lowest BCUT2D eigenvalue weighted by molar-refractivity contribution is 0.298. The molecule has 0 heterocycles. The van der Waals surface area contributed by atoms with Gasteiger partial charge in [0.1, 0.15) is 11.6 Å². The first-order valence-corrected chi connectivity index (χ1v) is 4.49. The fraction of sp³-hybridized carbons (Fsp3) is 0.273. The van der Waals surface area contributed by atoms with E-state index in [9.17, 15) is 4.39 Å². The van der Waals surface area contributed by atoms with Crippen LogP contribution in [0.3, 0.4) is 0 Å². The third-order valence-corrected chi connectivity index (χ3v) is 1.91. The van der Waals surface area contributed by atoms with Gasteiger partial charge in [0.25, 0.3) is 0 Å². The summed E-state index contributed by atoms with van der Waals surface area (Å²) in [5.74, 6) is 0.158. The van der Waals surface area contributed by atoms with Gasteiger partial charge in [-0.15, -0.1) is 0 Å². The van der Waals surface area contributed by atoms with Crippen molar-refractivity contribution in [2.45, 2.75) is 13.5 Å². The van der Waals surface area contributed by atoms with Crippen molar-refractivity contribution in [1.82, 2.24) is 0 Å². The highest BCUT2D eigenvalue weighted by atomic mass is 19.1. The van der Waals surface area contributed by atoms with E-state index in [1.165, 1.54) is 12.1 Å². The molecule has 0 atom stereocenters. The fourth-order valence-corrected chi connectivity index (χ4v) is 1.24. The van der Waals surface area contributed by atoms with Crippen LogP contribution in [0.1, 0.15) is 18.1 Å². The minimum atomic E-state index is -0.307. The third kappa shape index (κ3) is 2.33. The summed E-state index contributed by atoms with van der Waals surface area (Å²) >= 11 is 0. The molecule has 0 aliphatic rings. The Labute approximate surface area is 83.2 Å². The molecule has 76 valence electrons. The van der Waals surface area contributed by atoms with Crippen molar-refractivity contribution < 1.29 is 9.13 Å². The number of ether oxygens (including phenoxy) is 1. The second-order valence-electron chi connectivity index (χ2n) is 2.86. The number of nitrogens with two attached hydrogens (primary N) is 1. The molecule has 0 amide bonds. The summed E-state index contributed by atoms with van der Waals surface area (Å²) in [5.41, 5.74) is 7.00. The normalized spacial score (nSPS) is 9.93. The van der Waals surface area contributed by atoms with Gasteiger partial charge in [0.2, 0.25) is 0 Å².